The Bertz CT molecular complexity index is 400. The van der Waals surface area contributed by atoms with E-state index in [2.05, 4.69) is 4.85 Å². The number of carbonyl (C=O) groups is 1. The Kier molecular flexibility index (Phi) is 2.82. The average molecular weight is 199 g/mol. The van der Waals surface area contributed by atoms with Crippen LogP contribution in [0.25, 0.3) is 4.85 Å². The molecule has 1 fully saturated rings. The SMILES string of the molecule is [C-]#[N+]c1ccc(C2CCCC(=O)C2)cc1. The molecule has 0 N–H and O–H groups in total. The lowest BCUT2D eigenvalue weighted by Gasteiger charge is -2.21. The third-order valence-corrected chi connectivity index (χ3v) is 2.98. The highest BCUT2D eigenvalue weighted by Crippen LogP contribution is 2.31. The zero-order chi connectivity index (χ0) is 10.7. The number of nitrogens with zero attached hydrogens (tertiary/aromatic N) is 1. The van der Waals surface area contributed by atoms with Crippen molar-refractivity contribution in [3.05, 3.63) is 41.2 Å². The van der Waals surface area contributed by atoms with Crippen LogP contribution in [0.4, 0.5) is 5.69 Å². The number of hydrogen-bond acceptors (Lipinski definition) is 1. The molecule has 0 saturated heterocycles. The van der Waals surface area contributed by atoms with Crippen LogP contribution in [0.2, 0.25) is 0 Å². The summed E-state index contributed by atoms with van der Waals surface area (Å²) in [6.45, 7) is 6.86. The summed E-state index contributed by atoms with van der Waals surface area (Å²) < 4.78 is 0. The van der Waals surface area contributed by atoms with Gasteiger partial charge in [0, 0.05) is 12.8 Å². The summed E-state index contributed by atoms with van der Waals surface area (Å²) in [5.41, 5.74) is 1.87. The Morgan fingerprint density at radius 1 is 1.27 bits per heavy atom. The topological polar surface area (TPSA) is 21.4 Å². The van der Waals surface area contributed by atoms with Crippen LogP contribution < -0.4 is 0 Å². The maximum Gasteiger partial charge on any atom is 0.187 e. The van der Waals surface area contributed by atoms with Gasteiger partial charge in [-0.3, -0.25) is 4.79 Å². The Balaban J connectivity index is 2.15. The largest absolute Gasteiger partial charge is 0.300 e. The molecule has 15 heavy (non-hydrogen) atoms. The van der Waals surface area contributed by atoms with Crippen molar-refractivity contribution in [3.63, 3.8) is 0 Å². The van der Waals surface area contributed by atoms with E-state index in [1.54, 1.807) is 0 Å². The molecule has 0 aromatic heterocycles. The predicted molar refractivity (Wildman–Crippen MR) is 58.9 cm³/mol. The lowest BCUT2D eigenvalue weighted by atomic mass is 9.83. The van der Waals surface area contributed by atoms with Gasteiger partial charge in [0.05, 0.1) is 6.57 Å². The molecule has 1 aliphatic rings. The standard InChI is InChI=1S/C13H13NO/c1-14-12-7-5-10(6-8-12)11-3-2-4-13(15)9-11/h5-8,11H,2-4,9H2. The highest BCUT2D eigenvalue weighted by molar-refractivity contribution is 5.80. The Morgan fingerprint density at radius 3 is 2.60 bits per heavy atom. The van der Waals surface area contributed by atoms with Crippen LogP contribution in [0.3, 0.4) is 0 Å². The normalized spacial score (nSPS) is 21.0. The van der Waals surface area contributed by atoms with Gasteiger partial charge in [-0.25, -0.2) is 4.85 Å². The fourth-order valence-electron chi connectivity index (χ4n) is 2.13. The minimum atomic E-state index is 0.375. The Hall–Kier alpha value is -1.62. The first-order valence-corrected chi connectivity index (χ1v) is 5.28. The van der Waals surface area contributed by atoms with E-state index in [0.29, 0.717) is 23.8 Å². The monoisotopic (exact) mass is 199 g/mol. The molecule has 0 bridgehead atoms. The maximum atomic E-state index is 11.3. The van der Waals surface area contributed by atoms with Crippen LogP contribution >= 0.6 is 0 Å². The molecule has 0 spiro atoms. The maximum absolute atomic E-state index is 11.3. The fourth-order valence-corrected chi connectivity index (χ4v) is 2.13. The van der Waals surface area contributed by atoms with Gasteiger partial charge >= 0.3 is 0 Å². The van der Waals surface area contributed by atoms with E-state index in [1.807, 2.05) is 24.3 Å². The van der Waals surface area contributed by atoms with Gasteiger partial charge in [0.2, 0.25) is 0 Å². The Morgan fingerprint density at radius 2 is 2.00 bits per heavy atom. The summed E-state index contributed by atoms with van der Waals surface area (Å²) in [4.78, 5) is 14.7. The molecule has 1 unspecified atom stereocenters. The van der Waals surface area contributed by atoms with Gasteiger partial charge in [-0.15, -0.1) is 0 Å². The molecule has 2 heteroatoms. The third kappa shape index (κ3) is 2.24. The molecular formula is C13H13NO. The van der Waals surface area contributed by atoms with Crippen LogP contribution in [0, 0.1) is 6.57 Å². The van der Waals surface area contributed by atoms with Gasteiger partial charge in [0.15, 0.2) is 5.69 Å². The highest BCUT2D eigenvalue weighted by atomic mass is 16.1. The van der Waals surface area contributed by atoms with Crippen LogP contribution in [0.5, 0.6) is 0 Å². The van der Waals surface area contributed by atoms with Crippen LogP contribution in [0.1, 0.15) is 37.2 Å². The highest BCUT2D eigenvalue weighted by Gasteiger charge is 2.20. The van der Waals surface area contributed by atoms with Crippen molar-refractivity contribution in [3.8, 4) is 0 Å². The first kappa shape index (κ1) is 9.92. The smallest absolute Gasteiger partial charge is 0.187 e. The molecule has 2 nitrogen and oxygen atoms in total. The number of Topliss-reactive ketones (excluding diaryl/α,β-unsaturated/α-hetero) is 1. The molecule has 0 radical (unpaired) electrons. The zero-order valence-electron chi connectivity index (χ0n) is 8.57. The van der Waals surface area contributed by atoms with Crippen LogP contribution in [-0.4, -0.2) is 5.78 Å². The van der Waals surface area contributed by atoms with E-state index in [-0.39, 0.29) is 0 Å². The second-order valence-corrected chi connectivity index (χ2v) is 4.04. The van der Waals surface area contributed by atoms with Crippen molar-refractivity contribution >= 4 is 11.5 Å². The molecule has 1 saturated carbocycles. The minimum Gasteiger partial charge on any atom is -0.300 e. The number of carbonyl (C=O) groups excluding carboxylic acids is 1. The summed E-state index contributed by atoms with van der Waals surface area (Å²) in [6.07, 6.45) is 3.53. The first-order chi connectivity index (χ1) is 7.29. The lowest BCUT2D eigenvalue weighted by Crippen LogP contribution is -2.13. The summed E-state index contributed by atoms with van der Waals surface area (Å²) in [6, 6.07) is 7.64. The second-order valence-electron chi connectivity index (χ2n) is 4.04. The van der Waals surface area contributed by atoms with Crippen molar-refractivity contribution in [1.82, 2.24) is 0 Å². The second kappa shape index (κ2) is 4.27. The third-order valence-electron chi connectivity index (χ3n) is 2.98. The molecule has 0 amide bonds. The van der Waals surface area contributed by atoms with Crippen molar-refractivity contribution in [2.45, 2.75) is 31.6 Å². The van der Waals surface area contributed by atoms with E-state index in [9.17, 15) is 4.79 Å². The van der Waals surface area contributed by atoms with E-state index >= 15 is 0 Å². The van der Waals surface area contributed by atoms with Gasteiger partial charge in [-0.2, -0.15) is 0 Å². The summed E-state index contributed by atoms with van der Waals surface area (Å²) in [5, 5.41) is 0. The summed E-state index contributed by atoms with van der Waals surface area (Å²) in [5.74, 6) is 0.756. The molecule has 1 aliphatic carbocycles. The van der Waals surface area contributed by atoms with Crippen LogP contribution in [0.15, 0.2) is 24.3 Å². The van der Waals surface area contributed by atoms with Gasteiger partial charge in [0.25, 0.3) is 0 Å². The van der Waals surface area contributed by atoms with Crippen molar-refractivity contribution in [2.24, 2.45) is 0 Å². The van der Waals surface area contributed by atoms with Crippen LogP contribution in [-0.2, 0) is 4.79 Å². The molecular weight excluding hydrogens is 186 g/mol. The number of hydrogen-bond donors (Lipinski definition) is 0. The average Bonchev–Trinajstić information content (AvgIpc) is 2.29. The quantitative estimate of drug-likeness (QED) is 0.634. The molecule has 0 heterocycles. The fraction of sp³-hybridized carbons (Fsp3) is 0.385. The van der Waals surface area contributed by atoms with Gasteiger partial charge in [-0.05, 0) is 24.3 Å². The summed E-state index contributed by atoms with van der Waals surface area (Å²) in [7, 11) is 0. The molecule has 2 rings (SSSR count). The van der Waals surface area contributed by atoms with Crippen molar-refractivity contribution < 1.29 is 4.79 Å². The molecule has 1 atom stereocenters. The molecule has 0 aliphatic heterocycles. The molecule has 76 valence electrons. The lowest BCUT2D eigenvalue weighted by molar-refractivity contribution is -0.120. The molecule has 1 aromatic carbocycles. The van der Waals surface area contributed by atoms with Gasteiger partial charge < -0.3 is 0 Å². The van der Waals surface area contributed by atoms with Gasteiger partial charge in [-0.1, -0.05) is 24.3 Å². The van der Waals surface area contributed by atoms with Crippen molar-refractivity contribution in [1.29, 1.82) is 0 Å². The molecule has 1 aromatic rings. The number of benzene rings is 1. The van der Waals surface area contributed by atoms with E-state index in [1.165, 1.54) is 5.56 Å². The predicted octanol–water partition coefficient (Wildman–Crippen LogP) is 3.46. The van der Waals surface area contributed by atoms with E-state index < -0.39 is 0 Å². The van der Waals surface area contributed by atoms with Crippen molar-refractivity contribution in [2.75, 3.05) is 0 Å². The Labute approximate surface area is 89.7 Å². The summed E-state index contributed by atoms with van der Waals surface area (Å²) >= 11 is 0. The first-order valence-electron chi connectivity index (χ1n) is 5.28. The van der Waals surface area contributed by atoms with E-state index in [0.717, 1.165) is 19.3 Å². The minimum absolute atomic E-state index is 0.375. The van der Waals surface area contributed by atoms with Gasteiger partial charge in [0.1, 0.15) is 5.78 Å². The zero-order valence-corrected chi connectivity index (χ0v) is 8.57. The number of rotatable bonds is 1. The number of ketones is 1. The van der Waals surface area contributed by atoms with E-state index in [4.69, 9.17) is 6.57 Å².